The number of nitrogens with zero attached hydrogens (tertiary/aromatic N) is 2. The lowest BCUT2D eigenvalue weighted by Gasteiger charge is -2.36. The van der Waals surface area contributed by atoms with E-state index in [-0.39, 0.29) is 12.1 Å². The second-order valence-corrected chi connectivity index (χ2v) is 7.67. The molecule has 0 saturated carbocycles. The number of hydrogen-bond acceptors (Lipinski definition) is 3. The minimum Gasteiger partial charge on any atom is -0.481 e. The molecule has 2 aliphatic heterocycles. The van der Waals surface area contributed by atoms with Gasteiger partial charge in [-0.25, -0.2) is 0 Å². The van der Waals surface area contributed by atoms with E-state index in [1.54, 1.807) is 4.31 Å². The van der Waals surface area contributed by atoms with Crippen LogP contribution in [0.4, 0.5) is 0 Å². The van der Waals surface area contributed by atoms with Crippen molar-refractivity contribution in [2.24, 2.45) is 5.92 Å². The predicted molar refractivity (Wildman–Crippen MR) is 75.5 cm³/mol. The van der Waals surface area contributed by atoms with Gasteiger partial charge >= 0.3 is 5.97 Å². The van der Waals surface area contributed by atoms with E-state index in [2.05, 4.69) is 0 Å². The molecule has 0 radical (unpaired) electrons. The molecular formula is C13H24N2O4S. The van der Waals surface area contributed by atoms with Gasteiger partial charge in [0.25, 0.3) is 10.2 Å². The summed E-state index contributed by atoms with van der Waals surface area (Å²) in [6, 6.07) is 0.134. The Morgan fingerprint density at radius 2 is 1.80 bits per heavy atom. The van der Waals surface area contributed by atoms with Crippen LogP contribution in [0.25, 0.3) is 0 Å². The molecule has 116 valence electrons. The Morgan fingerprint density at radius 3 is 2.30 bits per heavy atom. The van der Waals surface area contributed by atoms with Gasteiger partial charge in [0.05, 0.1) is 5.92 Å². The van der Waals surface area contributed by atoms with Crippen LogP contribution in [0, 0.1) is 5.92 Å². The molecule has 7 heteroatoms. The molecule has 0 aromatic rings. The zero-order valence-electron chi connectivity index (χ0n) is 12.2. The summed E-state index contributed by atoms with van der Waals surface area (Å²) in [6.45, 7) is 4.61. The molecule has 2 rings (SSSR count). The van der Waals surface area contributed by atoms with Crippen molar-refractivity contribution in [2.45, 2.75) is 58.0 Å². The Bertz CT molecular complexity index is 457. The third-order valence-electron chi connectivity index (χ3n) is 4.58. The van der Waals surface area contributed by atoms with Crippen molar-refractivity contribution in [3.05, 3.63) is 0 Å². The molecule has 2 fully saturated rings. The van der Waals surface area contributed by atoms with E-state index in [0.29, 0.717) is 25.9 Å². The molecule has 0 aromatic heterocycles. The fourth-order valence-electron chi connectivity index (χ4n) is 3.31. The van der Waals surface area contributed by atoms with Crippen LogP contribution in [-0.4, -0.2) is 53.3 Å². The first-order chi connectivity index (χ1) is 9.37. The molecule has 0 amide bonds. The molecule has 2 saturated heterocycles. The molecule has 0 aliphatic carbocycles. The van der Waals surface area contributed by atoms with Crippen molar-refractivity contribution in [1.29, 1.82) is 0 Å². The van der Waals surface area contributed by atoms with E-state index in [9.17, 15) is 13.2 Å². The minimum absolute atomic E-state index is 0.0437. The molecule has 2 unspecified atom stereocenters. The topological polar surface area (TPSA) is 77.9 Å². The minimum atomic E-state index is -3.45. The Labute approximate surface area is 120 Å². The summed E-state index contributed by atoms with van der Waals surface area (Å²) in [6.07, 6.45) is 3.47. The Hall–Kier alpha value is -0.660. The monoisotopic (exact) mass is 304 g/mol. The lowest BCUT2D eigenvalue weighted by Crippen LogP contribution is -2.51. The van der Waals surface area contributed by atoms with Gasteiger partial charge in [0.1, 0.15) is 0 Å². The fourth-order valence-corrected chi connectivity index (χ4v) is 5.44. The van der Waals surface area contributed by atoms with E-state index in [0.717, 1.165) is 19.3 Å². The average molecular weight is 304 g/mol. The highest BCUT2D eigenvalue weighted by Crippen LogP contribution is 2.32. The highest BCUT2D eigenvalue weighted by Gasteiger charge is 2.42. The van der Waals surface area contributed by atoms with Crippen molar-refractivity contribution in [3.63, 3.8) is 0 Å². The highest BCUT2D eigenvalue weighted by atomic mass is 32.2. The summed E-state index contributed by atoms with van der Waals surface area (Å²) in [4.78, 5) is 10.9. The average Bonchev–Trinajstić information content (AvgIpc) is 2.80. The van der Waals surface area contributed by atoms with Crippen LogP contribution in [0.15, 0.2) is 0 Å². The van der Waals surface area contributed by atoms with Gasteiger partial charge in [0, 0.05) is 25.2 Å². The summed E-state index contributed by atoms with van der Waals surface area (Å²) < 4.78 is 28.6. The van der Waals surface area contributed by atoms with Gasteiger partial charge in [0.15, 0.2) is 0 Å². The van der Waals surface area contributed by atoms with Gasteiger partial charge in [-0.2, -0.15) is 17.0 Å². The van der Waals surface area contributed by atoms with E-state index in [4.69, 9.17) is 5.11 Å². The lowest BCUT2D eigenvalue weighted by molar-refractivity contribution is -0.142. The van der Waals surface area contributed by atoms with Crippen molar-refractivity contribution < 1.29 is 18.3 Å². The van der Waals surface area contributed by atoms with Crippen LogP contribution in [0.1, 0.15) is 46.0 Å². The number of carboxylic acid groups (broad SMARTS) is 1. The molecule has 6 nitrogen and oxygen atoms in total. The summed E-state index contributed by atoms with van der Waals surface area (Å²) in [5.74, 6) is -1.22. The molecule has 1 N–H and O–H groups in total. The number of carboxylic acids is 1. The summed E-state index contributed by atoms with van der Waals surface area (Å²) >= 11 is 0. The molecule has 20 heavy (non-hydrogen) atoms. The molecule has 0 aromatic carbocycles. The smallest absolute Gasteiger partial charge is 0.306 e. The van der Waals surface area contributed by atoms with Crippen LogP contribution in [0.3, 0.4) is 0 Å². The standard InChI is InChI=1S/C13H24N2O4S/c1-3-12-5-4-10(2)15(12)20(18,19)14-8-6-11(7-9-14)13(16)17/h10-12H,3-9H2,1-2H3,(H,16,17). The number of aliphatic carboxylic acids is 1. The molecule has 0 spiro atoms. The Balaban J connectivity index is 2.09. The second-order valence-electron chi connectivity index (χ2n) is 5.84. The van der Waals surface area contributed by atoms with Gasteiger partial charge in [-0.15, -0.1) is 0 Å². The van der Waals surface area contributed by atoms with Crippen molar-refractivity contribution >= 4 is 16.2 Å². The number of piperidine rings is 1. The summed E-state index contributed by atoms with van der Waals surface area (Å²) in [5, 5.41) is 8.98. The highest BCUT2D eigenvalue weighted by molar-refractivity contribution is 7.86. The van der Waals surface area contributed by atoms with Gasteiger partial charge in [0.2, 0.25) is 0 Å². The van der Waals surface area contributed by atoms with E-state index in [1.807, 2.05) is 13.8 Å². The maximum atomic E-state index is 12.7. The van der Waals surface area contributed by atoms with Crippen LogP contribution in [-0.2, 0) is 15.0 Å². The number of rotatable bonds is 4. The first-order valence-corrected chi connectivity index (χ1v) is 8.79. The molecule has 2 atom stereocenters. The van der Waals surface area contributed by atoms with E-state index < -0.39 is 22.1 Å². The quantitative estimate of drug-likeness (QED) is 0.849. The van der Waals surface area contributed by atoms with Gasteiger partial charge in [-0.05, 0) is 39.0 Å². The lowest BCUT2D eigenvalue weighted by atomic mass is 9.99. The number of carbonyl (C=O) groups is 1. The van der Waals surface area contributed by atoms with Crippen LogP contribution < -0.4 is 0 Å². The maximum Gasteiger partial charge on any atom is 0.306 e. The largest absolute Gasteiger partial charge is 0.481 e. The van der Waals surface area contributed by atoms with E-state index >= 15 is 0 Å². The molecule has 2 heterocycles. The second kappa shape index (κ2) is 5.99. The van der Waals surface area contributed by atoms with Gasteiger partial charge < -0.3 is 5.11 Å². The van der Waals surface area contributed by atoms with E-state index in [1.165, 1.54) is 4.31 Å². The Morgan fingerprint density at radius 1 is 1.20 bits per heavy atom. The van der Waals surface area contributed by atoms with Crippen molar-refractivity contribution in [2.75, 3.05) is 13.1 Å². The maximum absolute atomic E-state index is 12.7. The molecule has 0 bridgehead atoms. The normalized spacial score (nSPS) is 30.7. The van der Waals surface area contributed by atoms with Crippen LogP contribution >= 0.6 is 0 Å². The first-order valence-electron chi connectivity index (χ1n) is 7.39. The third-order valence-corrected chi connectivity index (χ3v) is 6.79. The van der Waals surface area contributed by atoms with Crippen LogP contribution in [0.5, 0.6) is 0 Å². The molecule has 2 aliphatic rings. The van der Waals surface area contributed by atoms with Crippen molar-refractivity contribution in [3.8, 4) is 0 Å². The first kappa shape index (κ1) is 15.7. The Kier molecular flexibility index (Phi) is 4.71. The zero-order chi connectivity index (χ0) is 14.9. The predicted octanol–water partition coefficient (Wildman–Crippen LogP) is 1.29. The SMILES string of the molecule is CCC1CCC(C)N1S(=O)(=O)N1CCC(C(=O)O)CC1. The van der Waals surface area contributed by atoms with Gasteiger partial charge in [-0.3, -0.25) is 4.79 Å². The number of hydrogen-bond donors (Lipinski definition) is 1. The van der Waals surface area contributed by atoms with Crippen LogP contribution in [0.2, 0.25) is 0 Å². The fraction of sp³-hybridized carbons (Fsp3) is 0.923. The summed E-state index contributed by atoms with van der Waals surface area (Å²) in [5.41, 5.74) is 0. The third kappa shape index (κ3) is 2.84. The van der Waals surface area contributed by atoms with Gasteiger partial charge in [-0.1, -0.05) is 6.92 Å². The van der Waals surface area contributed by atoms with Crippen molar-refractivity contribution in [1.82, 2.24) is 8.61 Å². The molecular weight excluding hydrogens is 280 g/mol. The zero-order valence-corrected chi connectivity index (χ0v) is 13.0. The summed E-state index contributed by atoms with van der Waals surface area (Å²) in [7, 11) is -3.45.